The molecular formula is C25H32N4O3S. The molecule has 0 amide bonds. The van der Waals surface area contributed by atoms with Crippen molar-refractivity contribution in [1.82, 2.24) is 15.1 Å². The minimum absolute atomic E-state index is 0.459. The van der Waals surface area contributed by atoms with Crippen LogP contribution in [0.2, 0.25) is 0 Å². The molecule has 1 aliphatic heterocycles. The largest absolute Gasteiger partial charge is 0.492 e. The summed E-state index contributed by atoms with van der Waals surface area (Å²) in [4.78, 5) is 4.79. The van der Waals surface area contributed by atoms with Gasteiger partial charge in [0.1, 0.15) is 12.4 Å². The zero-order valence-electron chi connectivity index (χ0n) is 18.9. The standard InChI is InChI=1S/C25H32N4O3S/c26-21-5-7-24(32-16-13-29-11-1-2-12-29)20(17-21)18-30-14-3-4-15-31-19-22-6-8-25(33-22)23-9-10-27-28-23/h3-10,17H,1-2,11-16,18-19,26H2,(H,27,28)/b4-3+. The van der Waals surface area contributed by atoms with Crippen LogP contribution in [-0.4, -0.2) is 54.6 Å². The van der Waals surface area contributed by atoms with Crippen molar-refractivity contribution in [3.8, 4) is 16.3 Å². The number of nitrogen functional groups attached to an aromatic ring is 1. The molecule has 7 nitrogen and oxygen atoms in total. The Morgan fingerprint density at radius 3 is 2.64 bits per heavy atom. The molecule has 2 aromatic heterocycles. The van der Waals surface area contributed by atoms with Crippen molar-refractivity contribution in [1.29, 1.82) is 0 Å². The Kier molecular flexibility index (Phi) is 8.94. The predicted octanol–water partition coefficient (Wildman–Crippen LogP) is 4.48. The van der Waals surface area contributed by atoms with Gasteiger partial charge in [-0.1, -0.05) is 12.2 Å². The second kappa shape index (κ2) is 12.6. The number of nitrogens with two attached hydrogens (primary N) is 1. The fourth-order valence-electron chi connectivity index (χ4n) is 3.74. The number of nitrogens with zero attached hydrogens (tertiary/aromatic N) is 2. The van der Waals surface area contributed by atoms with Crippen molar-refractivity contribution in [3.05, 3.63) is 65.2 Å². The van der Waals surface area contributed by atoms with Crippen LogP contribution in [0.4, 0.5) is 5.69 Å². The first-order valence-corrected chi connectivity index (χ1v) is 12.2. The molecule has 1 aromatic carbocycles. The third-order valence-corrected chi connectivity index (χ3v) is 6.56. The van der Waals surface area contributed by atoms with Gasteiger partial charge in [0.05, 0.1) is 37.0 Å². The van der Waals surface area contributed by atoms with Crippen LogP contribution in [-0.2, 0) is 22.7 Å². The van der Waals surface area contributed by atoms with E-state index >= 15 is 0 Å². The number of aromatic nitrogens is 2. The molecule has 1 fully saturated rings. The second-order valence-electron chi connectivity index (χ2n) is 8.00. The van der Waals surface area contributed by atoms with Gasteiger partial charge in [-0.25, -0.2) is 0 Å². The average molecular weight is 469 g/mol. The maximum atomic E-state index is 6.01. The molecule has 0 saturated carbocycles. The Morgan fingerprint density at radius 1 is 1.03 bits per heavy atom. The highest BCUT2D eigenvalue weighted by Gasteiger charge is 2.12. The highest BCUT2D eigenvalue weighted by Crippen LogP contribution is 2.26. The Bertz CT molecular complexity index is 997. The fraction of sp³-hybridized carbons (Fsp3) is 0.400. The van der Waals surface area contributed by atoms with Crippen LogP contribution >= 0.6 is 11.3 Å². The number of likely N-dealkylation sites (tertiary alicyclic amines) is 1. The summed E-state index contributed by atoms with van der Waals surface area (Å²) in [5, 5.41) is 6.97. The highest BCUT2D eigenvalue weighted by molar-refractivity contribution is 7.15. The molecular weight excluding hydrogens is 436 g/mol. The third kappa shape index (κ3) is 7.43. The van der Waals surface area contributed by atoms with Gasteiger partial charge >= 0.3 is 0 Å². The molecule has 1 aliphatic rings. The molecule has 1 saturated heterocycles. The quantitative estimate of drug-likeness (QED) is 0.218. The van der Waals surface area contributed by atoms with Gasteiger partial charge in [0, 0.05) is 28.9 Å². The Morgan fingerprint density at radius 2 is 1.85 bits per heavy atom. The molecule has 0 unspecified atom stereocenters. The van der Waals surface area contributed by atoms with Crippen molar-refractivity contribution in [2.75, 3.05) is 45.2 Å². The highest BCUT2D eigenvalue weighted by atomic mass is 32.1. The van der Waals surface area contributed by atoms with E-state index in [4.69, 9.17) is 19.9 Å². The zero-order valence-corrected chi connectivity index (χ0v) is 19.7. The maximum Gasteiger partial charge on any atom is 0.125 e. The first kappa shape index (κ1) is 23.5. The molecule has 4 rings (SSSR count). The van der Waals surface area contributed by atoms with Gasteiger partial charge in [0.15, 0.2) is 0 Å². The monoisotopic (exact) mass is 468 g/mol. The van der Waals surface area contributed by atoms with E-state index in [1.54, 1.807) is 17.5 Å². The van der Waals surface area contributed by atoms with E-state index in [-0.39, 0.29) is 0 Å². The normalized spacial score (nSPS) is 14.4. The van der Waals surface area contributed by atoms with E-state index in [2.05, 4.69) is 27.2 Å². The topological polar surface area (TPSA) is 85.6 Å². The van der Waals surface area contributed by atoms with E-state index in [1.807, 2.05) is 36.4 Å². The van der Waals surface area contributed by atoms with Crippen LogP contribution < -0.4 is 10.5 Å². The lowest BCUT2D eigenvalue weighted by atomic mass is 10.2. The van der Waals surface area contributed by atoms with Crippen LogP contribution in [0.5, 0.6) is 5.75 Å². The minimum Gasteiger partial charge on any atom is -0.492 e. The predicted molar refractivity (Wildman–Crippen MR) is 132 cm³/mol. The second-order valence-corrected chi connectivity index (χ2v) is 9.17. The number of thiophene rings is 1. The summed E-state index contributed by atoms with van der Waals surface area (Å²) in [7, 11) is 0. The zero-order chi connectivity index (χ0) is 22.7. The van der Waals surface area contributed by atoms with Gasteiger partial charge in [-0.05, 0) is 62.3 Å². The lowest BCUT2D eigenvalue weighted by Gasteiger charge is -2.17. The van der Waals surface area contributed by atoms with Crippen LogP contribution in [0.25, 0.3) is 10.6 Å². The SMILES string of the molecule is Nc1ccc(OCCN2CCCC2)c(COC/C=C/COCc2ccc(-c3ccn[nH]3)s2)c1. The molecule has 0 aliphatic carbocycles. The van der Waals surface area contributed by atoms with Crippen LogP contribution in [0.3, 0.4) is 0 Å². The summed E-state index contributed by atoms with van der Waals surface area (Å²) in [6, 6.07) is 11.9. The Balaban J connectivity index is 1.12. The molecule has 3 heterocycles. The number of anilines is 1. The first-order valence-electron chi connectivity index (χ1n) is 11.4. The third-order valence-electron chi connectivity index (χ3n) is 5.47. The number of hydrogen-bond acceptors (Lipinski definition) is 7. The minimum atomic E-state index is 0.459. The first-order chi connectivity index (χ1) is 16.3. The molecule has 3 aromatic rings. The molecule has 0 spiro atoms. The molecule has 33 heavy (non-hydrogen) atoms. The molecule has 3 N–H and O–H groups in total. The van der Waals surface area contributed by atoms with Crippen LogP contribution in [0.15, 0.2) is 54.7 Å². The lowest BCUT2D eigenvalue weighted by Crippen LogP contribution is -2.25. The van der Waals surface area contributed by atoms with Crippen molar-refractivity contribution in [3.63, 3.8) is 0 Å². The summed E-state index contributed by atoms with van der Waals surface area (Å²) in [5.41, 5.74) is 8.69. The van der Waals surface area contributed by atoms with E-state index in [1.165, 1.54) is 30.8 Å². The number of hydrogen-bond donors (Lipinski definition) is 2. The Hall–Kier alpha value is -2.65. The van der Waals surface area contributed by atoms with Gasteiger partial charge in [-0.15, -0.1) is 11.3 Å². The summed E-state index contributed by atoms with van der Waals surface area (Å²) in [5.74, 6) is 0.848. The van der Waals surface area contributed by atoms with E-state index in [9.17, 15) is 0 Å². The summed E-state index contributed by atoms with van der Waals surface area (Å²) in [6.07, 6.45) is 8.30. The number of benzene rings is 1. The van der Waals surface area contributed by atoms with Gasteiger partial charge in [0.25, 0.3) is 0 Å². The van der Waals surface area contributed by atoms with Gasteiger partial charge in [-0.3, -0.25) is 10.00 Å². The average Bonchev–Trinajstić information content (AvgIpc) is 3.60. The smallest absolute Gasteiger partial charge is 0.125 e. The number of ether oxygens (including phenoxy) is 3. The van der Waals surface area contributed by atoms with Crippen LogP contribution in [0, 0.1) is 0 Å². The fourth-order valence-corrected chi connectivity index (χ4v) is 4.66. The van der Waals surface area contributed by atoms with Crippen molar-refractivity contribution in [2.45, 2.75) is 26.1 Å². The molecule has 176 valence electrons. The summed E-state index contributed by atoms with van der Waals surface area (Å²) < 4.78 is 17.6. The van der Waals surface area contributed by atoms with Gasteiger partial charge < -0.3 is 19.9 Å². The molecule has 0 bridgehead atoms. The van der Waals surface area contributed by atoms with Crippen molar-refractivity contribution >= 4 is 17.0 Å². The number of nitrogens with one attached hydrogen (secondary N) is 1. The number of H-pyrrole nitrogens is 1. The maximum absolute atomic E-state index is 6.01. The summed E-state index contributed by atoms with van der Waals surface area (Å²) in [6.45, 7) is 6.10. The van der Waals surface area contributed by atoms with Crippen molar-refractivity contribution < 1.29 is 14.2 Å². The number of rotatable bonds is 13. The van der Waals surface area contributed by atoms with E-state index in [0.717, 1.165) is 28.4 Å². The van der Waals surface area contributed by atoms with Crippen LogP contribution in [0.1, 0.15) is 23.3 Å². The Labute approximate surface area is 199 Å². The number of aromatic amines is 1. The molecule has 0 radical (unpaired) electrons. The molecule has 0 atom stereocenters. The molecule has 8 heteroatoms. The van der Waals surface area contributed by atoms with Crippen molar-refractivity contribution in [2.24, 2.45) is 0 Å². The lowest BCUT2D eigenvalue weighted by molar-refractivity contribution is 0.139. The summed E-state index contributed by atoms with van der Waals surface area (Å²) >= 11 is 1.71. The van der Waals surface area contributed by atoms with E-state index in [0.29, 0.717) is 38.7 Å². The van der Waals surface area contributed by atoms with Gasteiger partial charge in [0.2, 0.25) is 0 Å². The van der Waals surface area contributed by atoms with Gasteiger partial charge in [-0.2, -0.15) is 5.10 Å². The van der Waals surface area contributed by atoms with E-state index < -0.39 is 0 Å².